The molecule has 3 rings (SSSR count). The van der Waals surface area contributed by atoms with Gasteiger partial charge in [0.15, 0.2) is 5.78 Å². The SMILES string of the molecule is COc1ccc(N2CCN(C(=O)CCCC(=O)c3ccc(F)cc3)CC2)cc1. The zero-order valence-electron chi connectivity index (χ0n) is 16.1. The molecule has 1 fully saturated rings. The Hall–Kier alpha value is -2.89. The van der Waals surface area contributed by atoms with E-state index in [1.54, 1.807) is 7.11 Å². The Morgan fingerprint density at radius 1 is 0.929 bits per heavy atom. The zero-order chi connectivity index (χ0) is 19.9. The van der Waals surface area contributed by atoms with E-state index in [4.69, 9.17) is 4.74 Å². The molecule has 0 aromatic heterocycles. The van der Waals surface area contributed by atoms with Crippen molar-refractivity contribution in [1.82, 2.24) is 4.90 Å². The number of piperazine rings is 1. The van der Waals surface area contributed by atoms with Crippen LogP contribution in [0.4, 0.5) is 10.1 Å². The molecule has 2 aromatic rings. The number of halogens is 1. The number of carbonyl (C=O) groups excluding carboxylic acids is 2. The first-order valence-electron chi connectivity index (χ1n) is 9.52. The number of carbonyl (C=O) groups is 2. The third kappa shape index (κ3) is 5.09. The van der Waals surface area contributed by atoms with E-state index in [0.29, 0.717) is 37.9 Å². The number of anilines is 1. The van der Waals surface area contributed by atoms with Gasteiger partial charge in [-0.05, 0) is 55.0 Å². The van der Waals surface area contributed by atoms with Crippen LogP contribution in [0.2, 0.25) is 0 Å². The highest BCUT2D eigenvalue weighted by Gasteiger charge is 2.21. The summed E-state index contributed by atoms with van der Waals surface area (Å²) in [5.74, 6) is 0.492. The number of hydrogen-bond acceptors (Lipinski definition) is 4. The van der Waals surface area contributed by atoms with E-state index in [-0.39, 0.29) is 17.5 Å². The van der Waals surface area contributed by atoms with Crippen molar-refractivity contribution in [3.63, 3.8) is 0 Å². The molecule has 1 heterocycles. The first-order chi connectivity index (χ1) is 13.6. The van der Waals surface area contributed by atoms with Crippen LogP contribution in [0.5, 0.6) is 5.75 Å². The van der Waals surface area contributed by atoms with Crippen molar-refractivity contribution in [3.05, 3.63) is 59.9 Å². The van der Waals surface area contributed by atoms with Gasteiger partial charge in [0.1, 0.15) is 11.6 Å². The monoisotopic (exact) mass is 384 g/mol. The second-order valence-corrected chi connectivity index (χ2v) is 6.85. The predicted molar refractivity (Wildman–Crippen MR) is 106 cm³/mol. The van der Waals surface area contributed by atoms with E-state index in [0.717, 1.165) is 24.5 Å². The summed E-state index contributed by atoms with van der Waals surface area (Å²) in [4.78, 5) is 28.6. The smallest absolute Gasteiger partial charge is 0.222 e. The quantitative estimate of drug-likeness (QED) is 0.685. The molecular weight excluding hydrogens is 359 g/mol. The summed E-state index contributed by atoms with van der Waals surface area (Å²) in [5, 5.41) is 0. The summed E-state index contributed by atoms with van der Waals surface area (Å²) >= 11 is 0. The lowest BCUT2D eigenvalue weighted by atomic mass is 10.1. The summed E-state index contributed by atoms with van der Waals surface area (Å²) in [6.45, 7) is 2.92. The summed E-state index contributed by atoms with van der Waals surface area (Å²) in [5.41, 5.74) is 1.61. The van der Waals surface area contributed by atoms with Crippen LogP contribution < -0.4 is 9.64 Å². The van der Waals surface area contributed by atoms with Crippen LogP contribution in [0.25, 0.3) is 0 Å². The van der Waals surface area contributed by atoms with Gasteiger partial charge >= 0.3 is 0 Å². The minimum Gasteiger partial charge on any atom is -0.497 e. The average molecular weight is 384 g/mol. The topological polar surface area (TPSA) is 49.9 Å². The molecule has 0 aliphatic carbocycles. The van der Waals surface area contributed by atoms with Crippen LogP contribution in [0.1, 0.15) is 29.6 Å². The van der Waals surface area contributed by atoms with E-state index in [1.807, 2.05) is 29.2 Å². The maximum absolute atomic E-state index is 12.9. The Labute approximate surface area is 164 Å². The van der Waals surface area contributed by atoms with Gasteiger partial charge in [-0.25, -0.2) is 4.39 Å². The summed E-state index contributed by atoms with van der Waals surface area (Å²) in [6.07, 6.45) is 1.16. The lowest BCUT2D eigenvalue weighted by Gasteiger charge is -2.36. The summed E-state index contributed by atoms with van der Waals surface area (Å²) in [6, 6.07) is 13.4. The molecule has 148 valence electrons. The van der Waals surface area contributed by atoms with Gasteiger partial charge in [0.05, 0.1) is 7.11 Å². The fourth-order valence-electron chi connectivity index (χ4n) is 3.35. The minimum atomic E-state index is -0.361. The van der Waals surface area contributed by atoms with Crippen molar-refractivity contribution in [2.24, 2.45) is 0 Å². The molecule has 1 aliphatic heterocycles. The van der Waals surface area contributed by atoms with Crippen LogP contribution >= 0.6 is 0 Å². The highest BCUT2D eigenvalue weighted by atomic mass is 19.1. The van der Waals surface area contributed by atoms with Crippen LogP contribution in [-0.4, -0.2) is 49.9 Å². The molecule has 5 nitrogen and oxygen atoms in total. The lowest BCUT2D eigenvalue weighted by Crippen LogP contribution is -2.48. The van der Waals surface area contributed by atoms with E-state index in [1.165, 1.54) is 24.3 Å². The number of ketones is 1. The second kappa shape index (κ2) is 9.35. The molecule has 0 atom stereocenters. The number of rotatable bonds is 7. The normalized spacial score (nSPS) is 14.1. The van der Waals surface area contributed by atoms with Gasteiger partial charge in [-0.3, -0.25) is 9.59 Å². The molecule has 0 radical (unpaired) electrons. The molecule has 1 saturated heterocycles. The fourth-order valence-corrected chi connectivity index (χ4v) is 3.35. The molecule has 0 bridgehead atoms. The van der Waals surface area contributed by atoms with E-state index < -0.39 is 0 Å². The highest BCUT2D eigenvalue weighted by Crippen LogP contribution is 2.21. The number of nitrogens with zero attached hydrogens (tertiary/aromatic N) is 2. The Balaban J connectivity index is 1.41. The summed E-state index contributed by atoms with van der Waals surface area (Å²) < 4.78 is 18.1. The first kappa shape index (κ1) is 19.9. The average Bonchev–Trinajstić information content (AvgIpc) is 2.74. The van der Waals surface area contributed by atoms with Gasteiger partial charge in [-0.15, -0.1) is 0 Å². The van der Waals surface area contributed by atoms with Crippen molar-refractivity contribution in [3.8, 4) is 5.75 Å². The van der Waals surface area contributed by atoms with Crippen molar-refractivity contribution < 1.29 is 18.7 Å². The Kier molecular flexibility index (Phi) is 6.63. The first-order valence-corrected chi connectivity index (χ1v) is 9.52. The molecule has 1 aliphatic rings. The van der Waals surface area contributed by atoms with Gasteiger partial charge in [-0.1, -0.05) is 0 Å². The number of benzene rings is 2. The van der Waals surface area contributed by atoms with Crippen molar-refractivity contribution in [1.29, 1.82) is 0 Å². The minimum absolute atomic E-state index is 0.0582. The van der Waals surface area contributed by atoms with Crippen LogP contribution in [-0.2, 0) is 4.79 Å². The van der Waals surface area contributed by atoms with Crippen LogP contribution in [0, 0.1) is 5.82 Å². The molecule has 0 saturated carbocycles. The standard InChI is InChI=1S/C22H25FN2O3/c1-28-20-11-9-19(10-12-20)24-13-15-25(16-14-24)22(27)4-2-3-21(26)17-5-7-18(23)8-6-17/h5-12H,2-4,13-16H2,1H3. The maximum atomic E-state index is 12.9. The van der Waals surface area contributed by atoms with Crippen LogP contribution in [0.3, 0.4) is 0 Å². The van der Waals surface area contributed by atoms with E-state index in [2.05, 4.69) is 4.90 Å². The van der Waals surface area contributed by atoms with Crippen LogP contribution in [0.15, 0.2) is 48.5 Å². The Bertz CT molecular complexity index is 798. The molecule has 6 heteroatoms. The van der Waals surface area contributed by atoms with E-state index in [9.17, 15) is 14.0 Å². The fraction of sp³-hybridized carbons (Fsp3) is 0.364. The second-order valence-electron chi connectivity index (χ2n) is 6.85. The molecule has 0 unspecified atom stereocenters. The molecular formula is C22H25FN2O3. The van der Waals surface area contributed by atoms with Gasteiger partial charge in [0.2, 0.25) is 5.91 Å². The molecule has 0 spiro atoms. The van der Waals surface area contributed by atoms with Gasteiger partial charge < -0.3 is 14.5 Å². The van der Waals surface area contributed by atoms with Crippen molar-refractivity contribution in [2.45, 2.75) is 19.3 Å². The molecule has 28 heavy (non-hydrogen) atoms. The number of Topliss-reactive ketones (excluding diaryl/α,β-unsaturated/α-hetero) is 1. The number of ether oxygens (including phenoxy) is 1. The number of hydrogen-bond donors (Lipinski definition) is 0. The molecule has 1 amide bonds. The number of amides is 1. The number of methoxy groups -OCH3 is 1. The Morgan fingerprint density at radius 2 is 1.57 bits per heavy atom. The van der Waals surface area contributed by atoms with Gasteiger partial charge in [-0.2, -0.15) is 0 Å². The zero-order valence-corrected chi connectivity index (χ0v) is 16.1. The highest BCUT2D eigenvalue weighted by molar-refractivity contribution is 5.96. The van der Waals surface area contributed by atoms with Gasteiger partial charge in [0.25, 0.3) is 0 Å². The third-order valence-corrected chi connectivity index (χ3v) is 5.03. The van der Waals surface area contributed by atoms with E-state index >= 15 is 0 Å². The largest absolute Gasteiger partial charge is 0.497 e. The third-order valence-electron chi connectivity index (χ3n) is 5.03. The van der Waals surface area contributed by atoms with Crippen molar-refractivity contribution in [2.75, 3.05) is 38.2 Å². The summed E-state index contributed by atoms with van der Waals surface area (Å²) in [7, 11) is 1.65. The molecule has 2 aromatic carbocycles. The lowest BCUT2D eigenvalue weighted by molar-refractivity contribution is -0.131. The van der Waals surface area contributed by atoms with Crippen molar-refractivity contribution >= 4 is 17.4 Å². The maximum Gasteiger partial charge on any atom is 0.222 e. The predicted octanol–water partition coefficient (Wildman–Crippen LogP) is 3.54. The molecule has 0 N–H and O–H groups in total. The Morgan fingerprint density at radius 3 is 2.18 bits per heavy atom. The van der Waals surface area contributed by atoms with Gasteiger partial charge in [0, 0.05) is 50.3 Å².